The number of halogens is 3. The smallest absolute Gasteiger partial charge is 0.160 e. The highest BCUT2D eigenvalue weighted by molar-refractivity contribution is 5.87. The maximum Gasteiger partial charge on any atom is 0.160 e. The number of hydrogen-bond donors (Lipinski definition) is 0. The second-order valence-electron chi connectivity index (χ2n) is 7.18. The first-order chi connectivity index (χ1) is 15.5. The Hall–Kier alpha value is -4.20. The van der Waals surface area contributed by atoms with Crippen LogP contribution < -0.4 is 4.74 Å². The number of rotatable bonds is 4. The monoisotopic (exact) mass is 432 g/mol. The molecule has 0 spiro atoms. The van der Waals surface area contributed by atoms with Crippen LogP contribution in [0.3, 0.4) is 0 Å². The number of benzene rings is 3. The zero-order valence-corrected chi connectivity index (χ0v) is 16.8. The van der Waals surface area contributed by atoms with Crippen molar-refractivity contribution in [2.24, 2.45) is 0 Å². The Balaban J connectivity index is 1.47. The SMILES string of the molecule is Cc1cc(Oc2cccc3nc(-c4cn(-c5ccc(F)c(F)c5)nn4)ccc23)ccc1F. The fraction of sp³-hybridized carbons (Fsp3) is 0.0417. The van der Waals surface area contributed by atoms with Crippen molar-refractivity contribution >= 4 is 10.9 Å². The molecule has 5 rings (SSSR count). The first-order valence-electron chi connectivity index (χ1n) is 9.70. The predicted octanol–water partition coefficient (Wildman–Crippen LogP) is 6.00. The topological polar surface area (TPSA) is 52.8 Å². The first kappa shape index (κ1) is 19.7. The molecule has 0 aliphatic heterocycles. The number of aromatic nitrogens is 4. The summed E-state index contributed by atoms with van der Waals surface area (Å²) >= 11 is 0. The van der Waals surface area contributed by atoms with E-state index in [1.54, 1.807) is 31.3 Å². The molecule has 0 amide bonds. The number of pyridine rings is 1. The third-order valence-electron chi connectivity index (χ3n) is 4.97. The highest BCUT2D eigenvalue weighted by Crippen LogP contribution is 2.31. The molecular formula is C24H15F3N4O. The Kier molecular flexibility index (Phi) is 4.82. The van der Waals surface area contributed by atoms with Crippen LogP contribution >= 0.6 is 0 Å². The van der Waals surface area contributed by atoms with Gasteiger partial charge in [-0.1, -0.05) is 11.3 Å². The third-order valence-corrected chi connectivity index (χ3v) is 4.97. The third kappa shape index (κ3) is 3.66. The molecule has 0 radical (unpaired) electrons. The zero-order chi connectivity index (χ0) is 22.2. The van der Waals surface area contributed by atoms with Gasteiger partial charge in [0.15, 0.2) is 11.6 Å². The van der Waals surface area contributed by atoms with Gasteiger partial charge < -0.3 is 4.74 Å². The van der Waals surface area contributed by atoms with Crippen LogP contribution in [-0.2, 0) is 0 Å². The Morgan fingerprint density at radius 3 is 2.47 bits per heavy atom. The summed E-state index contributed by atoms with van der Waals surface area (Å²) in [5, 5.41) is 8.85. The molecule has 0 fully saturated rings. The van der Waals surface area contributed by atoms with Gasteiger partial charge in [0.25, 0.3) is 0 Å². The van der Waals surface area contributed by atoms with Gasteiger partial charge >= 0.3 is 0 Å². The summed E-state index contributed by atoms with van der Waals surface area (Å²) in [4.78, 5) is 4.63. The lowest BCUT2D eigenvalue weighted by molar-refractivity contribution is 0.485. The van der Waals surface area contributed by atoms with Gasteiger partial charge in [0.05, 0.1) is 23.1 Å². The summed E-state index contributed by atoms with van der Waals surface area (Å²) in [6.45, 7) is 1.67. The maximum absolute atomic E-state index is 13.5. The van der Waals surface area contributed by atoms with E-state index in [0.717, 1.165) is 17.5 Å². The van der Waals surface area contributed by atoms with Gasteiger partial charge in [0.2, 0.25) is 0 Å². The largest absolute Gasteiger partial charge is 0.457 e. The van der Waals surface area contributed by atoms with E-state index in [1.807, 2.05) is 24.3 Å². The minimum atomic E-state index is -0.966. The van der Waals surface area contributed by atoms with Crippen LogP contribution in [0.5, 0.6) is 11.5 Å². The lowest BCUT2D eigenvalue weighted by atomic mass is 10.1. The summed E-state index contributed by atoms with van der Waals surface area (Å²) in [7, 11) is 0. The molecule has 5 aromatic rings. The van der Waals surface area contributed by atoms with Gasteiger partial charge in [-0.3, -0.25) is 0 Å². The number of ether oxygens (including phenoxy) is 1. The fourth-order valence-electron chi connectivity index (χ4n) is 3.30. The fourth-order valence-corrected chi connectivity index (χ4v) is 3.30. The zero-order valence-electron chi connectivity index (χ0n) is 16.8. The van der Waals surface area contributed by atoms with Crippen molar-refractivity contribution in [3.63, 3.8) is 0 Å². The molecule has 0 N–H and O–H groups in total. The van der Waals surface area contributed by atoms with E-state index in [-0.39, 0.29) is 5.82 Å². The Labute approximate surface area is 180 Å². The molecule has 3 aromatic carbocycles. The van der Waals surface area contributed by atoms with Crippen LogP contribution in [0.1, 0.15) is 5.56 Å². The molecule has 5 nitrogen and oxygen atoms in total. The highest BCUT2D eigenvalue weighted by atomic mass is 19.2. The molecule has 0 saturated carbocycles. The normalized spacial score (nSPS) is 11.1. The average Bonchev–Trinajstić information content (AvgIpc) is 3.28. The van der Waals surface area contributed by atoms with Crippen LogP contribution in [0, 0.1) is 24.4 Å². The van der Waals surface area contributed by atoms with E-state index >= 15 is 0 Å². The summed E-state index contributed by atoms with van der Waals surface area (Å²) in [5.41, 5.74) is 2.53. The molecule has 2 aromatic heterocycles. The summed E-state index contributed by atoms with van der Waals surface area (Å²) in [6, 6.07) is 17.1. The van der Waals surface area contributed by atoms with Gasteiger partial charge in [0, 0.05) is 11.5 Å². The van der Waals surface area contributed by atoms with Gasteiger partial charge in [0.1, 0.15) is 23.0 Å². The second-order valence-corrected chi connectivity index (χ2v) is 7.18. The van der Waals surface area contributed by atoms with Gasteiger partial charge in [-0.05, 0) is 67.1 Å². The van der Waals surface area contributed by atoms with Crippen molar-refractivity contribution < 1.29 is 17.9 Å². The lowest BCUT2D eigenvalue weighted by Gasteiger charge is -2.10. The van der Waals surface area contributed by atoms with Crippen molar-refractivity contribution in [3.05, 3.63) is 95.9 Å². The van der Waals surface area contributed by atoms with Crippen molar-refractivity contribution in [3.8, 4) is 28.6 Å². The van der Waals surface area contributed by atoms with Crippen LogP contribution in [0.2, 0.25) is 0 Å². The predicted molar refractivity (Wildman–Crippen MR) is 113 cm³/mol. The van der Waals surface area contributed by atoms with Crippen molar-refractivity contribution in [2.45, 2.75) is 6.92 Å². The van der Waals surface area contributed by atoms with E-state index < -0.39 is 11.6 Å². The second kappa shape index (κ2) is 7.81. The summed E-state index contributed by atoms with van der Waals surface area (Å²) in [6.07, 6.45) is 1.59. The van der Waals surface area contributed by atoms with Crippen molar-refractivity contribution in [1.29, 1.82) is 0 Å². The van der Waals surface area contributed by atoms with Crippen molar-refractivity contribution in [1.82, 2.24) is 20.0 Å². The molecule has 0 aliphatic carbocycles. The number of nitrogens with zero attached hydrogens (tertiary/aromatic N) is 4. The minimum absolute atomic E-state index is 0.294. The van der Waals surface area contributed by atoms with Crippen LogP contribution in [0.25, 0.3) is 28.0 Å². The summed E-state index contributed by atoms with van der Waals surface area (Å²) in [5.74, 6) is -1.09. The van der Waals surface area contributed by atoms with Crippen LogP contribution in [-0.4, -0.2) is 20.0 Å². The van der Waals surface area contributed by atoms with Gasteiger partial charge in [-0.15, -0.1) is 5.10 Å². The number of fused-ring (bicyclic) bond motifs is 1. The summed E-state index contributed by atoms with van der Waals surface area (Å²) < 4.78 is 47.5. The Morgan fingerprint density at radius 2 is 1.66 bits per heavy atom. The molecule has 0 bridgehead atoms. The van der Waals surface area contributed by atoms with Crippen LogP contribution in [0.4, 0.5) is 13.2 Å². The molecule has 8 heteroatoms. The molecular weight excluding hydrogens is 417 g/mol. The quantitative estimate of drug-likeness (QED) is 0.350. The first-order valence-corrected chi connectivity index (χ1v) is 9.70. The Morgan fingerprint density at radius 1 is 0.812 bits per heavy atom. The van der Waals surface area contributed by atoms with Gasteiger partial charge in [-0.2, -0.15) is 0 Å². The highest BCUT2D eigenvalue weighted by Gasteiger charge is 2.12. The number of hydrogen-bond acceptors (Lipinski definition) is 4. The van der Waals surface area contributed by atoms with E-state index in [4.69, 9.17) is 4.74 Å². The van der Waals surface area contributed by atoms with E-state index in [9.17, 15) is 13.2 Å². The van der Waals surface area contributed by atoms with E-state index in [2.05, 4.69) is 15.3 Å². The van der Waals surface area contributed by atoms with Crippen LogP contribution in [0.15, 0.2) is 72.9 Å². The molecule has 32 heavy (non-hydrogen) atoms. The minimum Gasteiger partial charge on any atom is -0.457 e. The number of aryl methyl sites for hydroxylation is 1. The Bertz CT molecular complexity index is 1470. The van der Waals surface area contributed by atoms with E-state index in [1.165, 1.54) is 16.8 Å². The molecule has 0 unspecified atom stereocenters. The average molecular weight is 432 g/mol. The molecule has 158 valence electrons. The molecule has 0 saturated heterocycles. The van der Waals surface area contributed by atoms with Crippen molar-refractivity contribution in [2.75, 3.05) is 0 Å². The molecule has 2 heterocycles. The van der Waals surface area contributed by atoms with Gasteiger partial charge in [-0.25, -0.2) is 22.8 Å². The molecule has 0 aliphatic rings. The van der Waals surface area contributed by atoms with E-state index in [0.29, 0.717) is 39.7 Å². The lowest BCUT2D eigenvalue weighted by Crippen LogP contribution is -1.96. The maximum atomic E-state index is 13.5. The molecule has 0 atom stereocenters. The standard InChI is InChI=1S/C24H15F3N4O/c1-14-11-16(6-9-18(14)25)32-24-4-2-3-21-17(24)7-10-22(28-21)23-13-31(30-29-23)15-5-8-19(26)20(27)12-15/h2-13H,1H3.